The van der Waals surface area contributed by atoms with Crippen LogP contribution in [0.4, 0.5) is 0 Å². The van der Waals surface area contributed by atoms with Crippen LogP contribution in [0.25, 0.3) is 0 Å². The molecule has 0 fully saturated rings. The number of carbonyl (C=O) groups is 5. The lowest BCUT2D eigenvalue weighted by Gasteiger charge is -2.18. The zero-order valence-corrected chi connectivity index (χ0v) is 27.2. The summed E-state index contributed by atoms with van der Waals surface area (Å²) in [4.78, 5) is 59.4. The van der Waals surface area contributed by atoms with E-state index < -0.39 is 30.0 Å². The van der Waals surface area contributed by atoms with Crippen molar-refractivity contribution in [3.05, 3.63) is 0 Å². The lowest BCUT2D eigenvalue weighted by atomic mass is 10.0. The van der Waals surface area contributed by atoms with Crippen molar-refractivity contribution in [1.29, 1.82) is 0 Å². The number of esters is 4. The zero-order valence-electron chi connectivity index (χ0n) is 27.2. The van der Waals surface area contributed by atoms with Crippen molar-refractivity contribution in [3.63, 3.8) is 0 Å². The third-order valence-corrected chi connectivity index (χ3v) is 6.79. The molecule has 0 aliphatic carbocycles. The molecule has 1 N–H and O–H groups in total. The lowest BCUT2D eigenvalue weighted by Crippen LogP contribution is -2.31. The van der Waals surface area contributed by atoms with Gasteiger partial charge in [0.2, 0.25) is 5.91 Å². The second kappa shape index (κ2) is 29.4. The molecule has 0 saturated heterocycles. The molecule has 0 rings (SSSR count). The average Bonchev–Trinajstić information content (AvgIpc) is 2.98. The van der Waals surface area contributed by atoms with Gasteiger partial charge in [-0.15, -0.1) is 0 Å². The Morgan fingerprint density at radius 2 is 0.930 bits per heavy atom. The van der Waals surface area contributed by atoms with Gasteiger partial charge in [0.05, 0.1) is 19.4 Å². The fourth-order valence-electron chi connectivity index (χ4n) is 4.31. The molecule has 0 aliphatic heterocycles. The van der Waals surface area contributed by atoms with Gasteiger partial charge in [0, 0.05) is 19.3 Å². The number of carbonyl (C=O) groups excluding carboxylic acids is 5. The molecule has 1 atom stereocenters. The molecule has 250 valence electrons. The Balaban J connectivity index is 3.85. The Hall–Kier alpha value is -2.65. The van der Waals surface area contributed by atoms with E-state index in [9.17, 15) is 24.0 Å². The van der Waals surface area contributed by atoms with Crippen LogP contribution in [-0.2, 0) is 42.9 Å². The maximum Gasteiger partial charge on any atom is 0.306 e. The minimum atomic E-state index is -0.918. The molecular weight excluding hydrogens is 554 g/mol. The van der Waals surface area contributed by atoms with Gasteiger partial charge < -0.3 is 24.3 Å². The van der Waals surface area contributed by atoms with Crippen LogP contribution in [0.2, 0.25) is 0 Å². The second-order valence-electron chi connectivity index (χ2n) is 11.0. The smallest absolute Gasteiger partial charge is 0.306 e. The van der Waals surface area contributed by atoms with E-state index in [-0.39, 0.29) is 58.0 Å². The van der Waals surface area contributed by atoms with Gasteiger partial charge in [-0.05, 0) is 19.3 Å². The Morgan fingerprint density at radius 3 is 1.44 bits per heavy atom. The number of ether oxygens (including phenoxy) is 4. The van der Waals surface area contributed by atoms with Crippen molar-refractivity contribution >= 4 is 29.8 Å². The van der Waals surface area contributed by atoms with Crippen molar-refractivity contribution in [3.8, 4) is 0 Å². The topological polar surface area (TPSA) is 134 Å². The highest BCUT2D eigenvalue weighted by Gasteiger charge is 2.19. The monoisotopic (exact) mass is 613 g/mol. The van der Waals surface area contributed by atoms with Gasteiger partial charge in [-0.3, -0.25) is 24.0 Å². The van der Waals surface area contributed by atoms with Crippen LogP contribution < -0.4 is 5.32 Å². The van der Waals surface area contributed by atoms with Crippen LogP contribution in [0, 0.1) is 0 Å². The summed E-state index contributed by atoms with van der Waals surface area (Å²) in [6.07, 6.45) is 17.1. The zero-order chi connectivity index (χ0) is 32.0. The molecule has 1 amide bonds. The summed E-state index contributed by atoms with van der Waals surface area (Å²) >= 11 is 0. The van der Waals surface area contributed by atoms with Crippen molar-refractivity contribution in [2.75, 3.05) is 26.4 Å². The van der Waals surface area contributed by atoms with Crippen molar-refractivity contribution in [2.45, 2.75) is 155 Å². The van der Waals surface area contributed by atoms with Gasteiger partial charge >= 0.3 is 23.9 Å². The molecule has 0 bridgehead atoms. The summed E-state index contributed by atoms with van der Waals surface area (Å²) < 4.78 is 20.5. The normalized spacial score (nSPS) is 11.4. The lowest BCUT2D eigenvalue weighted by molar-refractivity contribution is -0.167. The summed E-state index contributed by atoms with van der Waals surface area (Å²) in [5.74, 6) is -2.21. The molecule has 0 aromatic rings. The number of nitrogens with one attached hydrogen (secondary N) is 1. The predicted octanol–water partition coefficient (Wildman–Crippen LogP) is 6.51. The molecule has 10 heteroatoms. The molecule has 0 spiro atoms. The van der Waals surface area contributed by atoms with E-state index in [1.165, 1.54) is 64.2 Å². The molecule has 0 radical (unpaired) electrons. The largest absolute Gasteiger partial charge is 0.464 e. The summed E-state index contributed by atoms with van der Waals surface area (Å²) in [5, 5.41) is 2.75. The first-order valence-corrected chi connectivity index (χ1v) is 16.7. The molecule has 0 aromatic carbocycles. The third-order valence-electron chi connectivity index (χ3n) is 6.79. The van der Waals surface area contributed by atoms with Gasteiger partial charge in [-0.1, -0.05) is 97.8 Å². The van der Waals surface area contributed by atoms with E-state index >= 15 is 0 Å². The Labute approximate surface area is 259 Å². The van der Waals surface area contributed by atoms with Crippen molar-refractivity contribution < 1.29 is 42.9 Å². The summed E-state index contributed by atoms with van der Waals surface area (Å²) in [6, 6.07) is 0. The highest BCUT2D eigenvalue weighted by atomic mass is 16.6. The van der Waals surface area contributed by atoms with E-state index in [2.05, 4.69) is 12.2 Å². The number of unbranched alkanes of at least 4 members (excludes halogenated alkanes) is 12. The maximum atomic E-state index is 12.1. The average molecular weight is 614 g/mol. The fourth-order valence-corrected chi connectivity index (χ4v) is 4.31. The van der Waals surface area contributed by atoms with Crippen molar-refractivity contribution in [2.24, 2.45) is 0 Å². The van der Waals surface area contributed by atoms with Crippen molar-refractivity contribution in [1.82, 2.24) is 5.32 Å². The van der Waals surface area contributed by atoms with Crippen LogP contribution in [-0.4, -0.2) is 62.3 Å². The van der Waals surface area contributed by atoms with E-state index in [4.69, 9.17) is 18.9 Å². The Bertz CT molecular complexity index is 757. The standard InChI is InChI=1S/C33H59NO9/c1-4-7-8-9-10-11-12-13-14-15-16-17-18-21-29(35)34-24-25-40-31(37)22-23-32(38)42-27-28(43-33(39)20-6-3)26-41-30(36)19-5-2/h28H,4-27H2,1-3H3,(H,34,35)/t28-/m1/s1. The van der Waals surface area contributed by atoms with Gasteiger partial charge in [0.15, 0.2) is 6.10 Å². The van der Waals surface area contributed by atoms with Gasteiger partial charge in [0.25, 0.3) is 0 Å². The number of hydrogen-bond donors (Lipinski definition) is 1. The highest BCUT2D eigenvalue weighted by molar-refractivity contribution is 5.78. The summed E-state index contributed by atoms with van der Waals surface area (Å²) in [7, 11) is 0. The molecule has 0 heterocycles. The van der Waals surface area contributed by atoms with E-state index in [0.717, 1.165) is 19.3 Å². The molecule has 0 aromatic heterocycles. The minimum absolute atomic E-state index is 0.0246. The Kier molecular flexibility index (Phi) is 27.6. The van der Waals surface area contributed by atoms with E-state index in [0.29, 0.717) is 19.3 Å². The molecule has 10 nitrogen and oxygen atoms in total. The molecule has 0 saturated carbocycles. The van der Waals surface area contributed by atoms with Crippen LogP contribution in [0.5, 0.6) is 0 Å². The van der Waals surface area contributed by atoms with Crippen LogP contribution in [0.15, 0.2) is 0 Å². The first-order chi connectivity index (χ1) is 20.8. The molecular formula is C33H59NO9. The van der Waals surface area contributed by atoms with E-state index in [1.54, 1.807) is 0 Å². The summed E-state index contributed by atoms with van der Waals surface area (Å²) in [5.41, 5.74) is 0. The van der Waals surface area contributed by atoms with Gasteiger partial charge in [-0.25, -0.2) is 0 Å². The molecule has 43 heavy (non-hydrogen) atoms. The SMILES string of the molecule is CCCCCCCCCCCCCCCC(=O)NCCOC(=O)CCC(=O)OC[C@@H](COC(=O)CCC)OC(=O)CCC. The van der Waals surface area contributed by atoms with Crippen LogP contribution in [0.1, 0.15) is 149 Å². The number of amides is 1. The quantitative estimate of drug-likeness (QED) is 0.0569. The fraction of sp³-hybridized carbons (Fsp3) is 0.848. The van der Waals surface area contributed by atoms with E-state index in [1.807, 2.05) is 13.8 Å². The minimum Gasteiger partial charge on any atom is -0.464 e. The predicted molar refractivity (Wildman–Crippen MR) is 165 cm³/mol. The first-order valence-electron chi connectivity index (χ1n) is 16.7. The van der Waals surface area contributed by atoms with Crippen LogP contribution >= 0.6 is 0 Å². The van der Waals surface area contributed by atoms with Crippen LogP contribution in [0.3, 0.4) is 0 Å². The third kappa shape index (κ3) is 27.9. The molecule has 0 unspecified atom stereocenters. The number of rotatable bonds is 29. The molecule has 0 aliphatic rings. The second-order valence-corrected chi connectivity index (χ2v) is 11.0. The van der Waals surface area contributed by atoms with Gasteiger partial charge in [-0.2, -0.15) is 0 Å². The highest BCUT2D eigenvalue weighted by Crippen LogP contribution is 2.13. The number of hydrogen-bond acceptors (Lipinski definition) is 9. The summed E-state index contributed by atoms with van der Waals surface area (Å²) in [6.45, 7) is 5.65. The van der Waals surface area contributed by atoms with Gasteiger partial charge in [0.1, 0.15) is 19.8 Å². The maximum absolute atomic E-state index is 12.1. The Morgan fingerprint density at radius 1 is 0.488 bits per heavy atom. The first kappa shape index (κ1) is 40.4.